The highest BCUT2D eigenvalue weighted by Gasteiger charge is 2.50. The molecule has 0 atom stereocenters. The Morgan fingerprint density at radius 2 is 0.962 bits per heavy atom. The largest absolute Gasteiger partial charge is 0.468 e. The monoisotopic (exact) mass is 700 g/mol. The van der Waals surface area contributed by atoms with Gasteiger partial charge in [0.15, 0.2) is 23.0 Å². The molecule has 0 fully saturated rings. The highest BCUT2D eigenvalue weighted by molar-refractivity contribution is 6.99. The number of rotatable bonds is 2. The second kappa shape index (κ2) is 10.3. The number of anilines is 6. The third-order valence-electron chi connectivity index (χ3n) is 11.1. The van der Waals surface area contributed by atoms with Crippen LogP contribution in [0.25, 0.3) is 21.9 Å². The quantitative estimate of drug-likeness (QED) is 0.165. The van der Waals surface area contributed by atoms with Crippen molar-refractivity contribution in [3.8, 4) is 23.0 Å². The summed E-state index contributed by atoms with van der Waals surface area (Å²) in [6.07, 6.45) is 0. The van der Waals surface area contributed by atoms with Crippen molar-refractivity contribution in [3.63, 3.8) is 0 Å². The van der Waals surface area contributed by atoms with E-state index < -0.39 is 0 Å². The van der Waals surface area contributed by atoms with Crippen LogP contribution in [0, 0.1) is 0 Å². The first-order valence-corrected chi connectivity index (χ1v) is 18.2. The van der Waals surface area contributed by atoms with Gasteiger partial charge in [-0.1, -0.05) is 59.7 Å². The second-order valence-electron chi connectivity index (χ2n) is 16.4. The summed E-state index contributed by atoms with van der Waals surface area (Å²) in [5.41, 5.74) is 12.7. The molecule has 4 aliphatic heterocycles. The van der Waals surface area contributed by atoms with Crippen molar-refractivity contribution in [1.82, 2.24) is 0 Å². The molecule has 6 heterocycles. The summed E-state index contributed by atoms with van der Waals surface area (Å²) in [5, 5.41) is 2.10. The minimum Gasteiger partial charge on any atom is -0.468 e. The lowest BCUT2D eigenvalue weighted by Crippen LogP contribution is -2.60. The lowest BCUT2D eigenvalue weighted by molar-refractivity contribution is 0.173. The average molecular weight is 701 g/mol. The molecule has 0 aliphatic carbocycles. The molecule has 7 aromatic rings. The molecule has 262 valence electrons. The molecule has 0 N–H and O–H groups in total. The standard InChI is InChI=1S/C44H37BN2O6/c1-43(2,3)24-10-14-32-28(18-24)39-41(52-32)45-38-30(46(39)26-12-16-34-36(20-26)50-22-48-34)8-7-9-31(38)47(27-13-17-35-37(21-27)51-23-49-35)40-29-19-25(44(4,5)6)11-15-33(29)53-42(40)45/h7-21H,22-23H2,1-6H3. The normalized spacial score (nSPS) is 15.3. The van der Waals surface area contributed by atoms with Crippen molar-refractivity contribution in [1.29, 1.82) is 0 Å². The van der Waals surface area contributed by atoms with E-state index in [2.05, 4.69) is 130 Å². The molecule has 0 radical (unpaired) electrons. The molecule has 0 spiro atoms. The molecule has 53 heavy (non-hydrogen) atoms. The molecular weight excluding hydrogens is 663 g/mol. The second-order valence-corrected chi connectivity index (χ2v) is 16.4. The molecule has 2 aromatic heterocycles. The van der Waals surface area contributed by atoms with Gasteiger partial charge in [-0.15, -0.1) is 0 Å². The molecule has 8 nitrogen and oxygen atoms in total. The summed E-state index contributed by atoms with van der Waals surface area (Å²) >= 11 is 0. The van der Waals surface area contributed by atoms with Crippen molar-refractivity contribution in [2.45, 2.75) is 52.4 Å². The van der Waals surface area contributed by atoms with E-state index in [1.165, 1.54) is 11.1 Å². The molecule has 0 saturated carbocycles. The van der Waals surface area contributed by atoms with Gasteiger partial charge in [-0.25, -0.2) is 0 Å². The predicted octanol–water partition coefficient (Wildman–Crippen LogP) is 9.31. The summed E-state index contributed by atoms with van der Waals surface area (Å²) in [4.78, 5) is 4.65. The van der Waals surface area contributed by atoms with Crippen LogP contribution in [0.2, 0.25) is 0 Å². The average Bonchev–Trinajstić information content (AvgIpc) is 3.94. The van der Waals surface area contributed by atoms with Gasteiger partial charge in [-0.3, -0.25) is 0 Å². The zero-order valence-electron chi connectivity index (χ0n) is 30.5. The fourth-order valence-corrected chi connectivity index (χ4v) is 8.43. The van der Waals surface area contributed by atoms with E-state index in [4.69, 9.17) is 27.8 Å². The lowest BCUT2D eigenvalue weighted by atomic mass is 9.37. The molecule has 5 aromatic carbocycles. The van der Waals surface area contributed by atoms with Gasteiger partial charge in [-0.2, -0.15) is 0 Å². The van der Waals surface area contributed by atoms with Crippen LogP contribution in [0.5, 0.6) is 23.0 Å². The Bertz CT molecular complexity index is 2520. The van der Waals surface area contributed by atoms with Crippen LogP contribution in [0.3, 0.4) is 0 Å². The molecular formula is C44H37BN2O6. The van der Waals surface area contributed by atoms with E-state index >= 15 is 0 Å². The number of fused-ring (bicyclic) bond motifs is 10. The van der Waals surface area contributed by atoms with Gasteiger partial charge < -0.3 is 37.6 Å². The van der Waals surface area contributed by atoms with Gasteiger partial charge in [0, 0.05) is 34.3 Å². The minimum absolute atomic E-state index is 0.0612. The van der Waals surface area contributed by atoms with Crippen molar-refractivity contribution in [2.24, 2.45) is 0 Å². The molecule has 4 aliphatic rings. The van der Waals surface area contributed by atoms with E-state index in [0.717, 1.165) is 95.8 Å². The third kappa shape index (κ3) is 4.31. The lowest BCUT2D eigenvalue weighted by Gasteiger charge is -2.40. The minimum atomic E-state index is -0.322. The van der Waals surface area contributed by atoms with Crippen LogP contribution >= 0.6 is 0 Å². The summed E-state index contributed by atoms with van der Waals surface area (Å²) in [5.74, 6) is 2.91. The van der Waals surface area contributed by atoms with Crippen molar-refractivity contribution < 1.29 is 27.8 Å². The van der Waals surface area contributed by atoms with Gasteiger partial charge >= 0.3 is 6.71 Å². The van der Waals surface area contributed by atoms with Gasteiger partial charge in [-0.05, 0) is 88.1 Å². The fraction of sp³-hybridized carbons (Fsp3) is 0.227. The van der Waals surface area contributed by atoms with Gasteiger partial charge in [0.2, 0.25) is 13.6 Å². The van der Waals surface area contributed by atoms with E-state index in [-0.39, 0.29) is 31.1 Å². The maximum atomic E-state index is 7.07. The first kappa shape index (κ1) is 30.7. The summed E-state index contributed by atoms with van der Waals surface area (Å²) in [6.45, 7) is 13.6. The first-order valence-electron chi connectivity index (χ1n) is 18.2. The van der Waals surface area contributed by atoms with Crippen LogP contribution in [0.4, 0.5) is 34.1 Å². The maximum absolute atomic E-state index is 7.07. The Labute approximate surface area is 307 Å². The van der Waals surface area contributed by atoms with Gasteiger partial charge in [0.05, 0.1) is 22.7 Å². The molecule has 0 unspecified atom stereocenters. The van der Waals surface area contributed by atoms with Crippen molar-refractivity contribution in [2.75, 3.05) is 23.4 Å². The third-order valence-corrected chi connectivity index (χ3v) is 11.1. The number of hydrogen-bond donors (Lipinski definition) is 0. The Morgan fingerprint density at radius 3 is 1.42 bits per heavy atom. The van der Waals surface area contributed by atoms with Crippen molar-refractivity contribution >= 4 is 79.6 Å². The van der Waals surface area contributed by atoms with Gasteiger partial charge in [0.25, 0.3) is 0 Å². The number of hydrogen-bond acceptors (Lipinski definition) is 8. The number of furan rings is 2. The fourth-order valence-electron chi connectivity index (χ4n) is 8.43. The van der Waals surface area contributed by atoms with Gasteiger partial charge in [0.1, 0.15) is 22.5 Å². The number of ether oxygens (including phenoxy) is 4. The molecule has 11 rings (SSSR count). The topological polar surface area (TPSA) is 69.7 Å². The molecule has 0 bridgehead atoms. The smallest absolute Gasteiger partial charge is 0.342 e. The highest BCUT2D eigenvalue weighted by Crippen LogP contribution is 2.51. The van der Waals surface area contributed by atoms with Crippen LogP contribution in [0.15, 0.2) is 99.8 Å². The Kier molecular flexibility index (Phi) is 5.98. The molecule has 0 amide bonds. The Balaban J connectivity index is 1.25. The Morgan fingerprint density at radius 1 is 0.509 bits per heavy atom. The number of nitrogens with zero attached hydrogens (tertiary/aromatic N) is 2. The molecule has 0 saturated heterocycles. The van der Waals surface area contributed by atoms with Crippen LogP contribution in [0.1, 0.15) is 52.7 Å². The Hall–Kier alpha value is -5.96. The first-order chi connectivity index (χ1) is 25.5. The van der Waals surface area contributed by atoms with E-state index in [9.17, 15) is 0 Å². The zero-order chi connectivity index (χ0) is 36.0. The summed E-state index contributed by atoms with van der Waals surface area (Å²) < 4.78 is 37.5. The molecule has 9 heteroatoms. The maximum Gasteiger partial charge on any atom is 0.342 e. The predicted molar refractivity (Wildman–Crippen MR) is 210 cm³/mol. The van der Waals surface area contributed by atoms with Crippen LogP contribution in [-0.2, 0) is 10.8 Å². The van der Waals surface area contributed by atoms with E-state index in [0.29, 0.717) is 0 Å². The summed E-state index contributed by atoms with van der Waals surface area (Å²) in [6, 6.07) is 32.1. The van der Waals surface area contributed by atoms with E-state index in [1.54, 1.807) is 0 Å². The zero-order valence-corrected chi connectivity index (χ0v) is 30.5. The SMILES string of the molecule is CC(C)(C)c1ccc2oc3c(c2c1)N(c1ccc2c(c1)OCO2)c1cccc2c1B3c1oc3ccc(C(C)(C)C)cc3c1N2c1ccc2c(c1)OCO2. The van der Waals surface area contributed by atoms with Crippen LogP contribution in [-0.4, -0.2) is 20.3 Å². The number of benzene rings is 5. The van der Waals surface area contributed by atoms with Crippen molar-refractivity contribution in [3.05, 3.63) is 102 Å². The summed E-state index contributed by atoms with van der Waals surface area (Å²) in [7, 11) is 0. The highest BCUT2D eigenvalue weighted by atomic mass is 16.7. The van der Waals surface area contributed by atoms with Crippen LogP contribution < -0.4 is 45.5 Å². The van der Waals surface area contributed by atoms with E-state index in [1.807, 2.05) is 12.1 Å².